The SMILES string of the molecule is CO[C@]1(CC[C@@H](C)CO)OC2CC3C4CCC5C[C@@H](O[C@H]6O[C@H](CO)[C@@H](O)[C@H](O)[C@H]6O[C@@H]6O[C@@H](C)[C@H](O)[C@@H](O)[C@H]6O)CC[C@]5(C)C4CC[C@]3(C)[C@@]2(O)[C@@H]1C. The molecule has 0 amide bonds. The van der Waals surface area contributed by atoms with Crippen LogP contribution in [-0.4, -0.2) is 146 Å². The van der Waals surface area contributed by atoms with E-state index in [4.69, 9.17) is 28.4 Å². The Bertz CT molecular complexity index is 1310. The van der Waals surface area contributed by atoms with Gasteiger partial charge in [-0.25, -0.2) is 0 Å². The highest BCUT2D eigenvalue weighted by Gasteiger charge is 2.76. The summed E-state index contributed by atoms with van der Waals surface area (Å²) in [6, 6.07) is 0. The van der Waals surface area contributed by atoms with Crippen LogP contribution in [0.3, 0.4) is 0 Å². The third-order valence-corrected chi connectivity index (χ3v) is 16.4. The first kappa shape index (κ1) is 41.6. The van der Waals surface area contributed by atoms with Gasteiger partial charge in [-0.2, -0.15) is 0 Å². The number of ether oxygens (including phenoxy) is 6. The maximum absolute atomic E-state index is 12.8. The molecule has 54 heavy (non-hydrogen) atoms. The average Bonchev–Trinajstić information content (AvgIpc) is 3.52. The van der Waals surface area contributed by atoms with Crippen LogP contribution in [0.2, 0.25) is 0 Å². The minimum Gasteiger partial charge on any atom is -0.396 e. The summed E-state index contributed by atoms with van der Waals surface area (Å²) in [5.41, 5.74) is -1.26. The lowest BCUT2D eigenvalue weighted by Crippen LogP contribution is -2.64. The topological polar surface area (TPSA) is 217 Å². The molecule has 14 nitrogen and oxygen atoms in total. The van der Waals surface area contributed by atoms with Gasteiger partial charge in [-0.15, -0.1) is 0 Å². The fourth-order valence-electron chi connectivity index (χ4n) is 12.9. The molecule has 4 saturated carbocycles. The van der Waals surface area contributed by atoms with Gasteiger partial charge in [-0.1, -0.05) is 27.7 Å². The van der Waals surface area contributed by atoms with Crippen molar-refractivity contribution < 1.29 is 69.3 Å². The highest BCUT2D eigenvalue weighted by Crippen LogP contribution is 2.72. The second-order valence-corrected chi connectivity index (χ2v) is 18.9. The largest absolute Gasteiger partial charge is 0.396 e. The van der Waals surface area contributed by atoms with Gasteiger partial charge in [-0.05, 0) is 99.7 Å². The fraction of sp³-hybridized carbons (Fsp3) is 1.00. The van der Waals surface area contributed by atoms with E-state index in [2.05, 4.69) is 20.8 Å². The molecule has 8 N–H and O–H groups in total. The number of fused-ring (bicyclic) bond motifs is 7. The molecular formula is C40H68O14. The molecule has 5 unspecified atom stereocenters. The standard InChI is InChI=1S/C40H68O14/c1-19(17-41)9-14-39(49-6)21(3)40(48)28(54-39)16-26-24-8-7-22-15-23(10-12-37(22,4)25(24)11-13-38(26,40)5)51-36-34(32(46)30(44)27(18-42)52-36)53-35-33(47)31(45)29(43)20(2)50-35/h19-36,41-48H,7-18H2,1-6H3/t19-,20+,21-,22?,23+,24?,25?,26?,27-,28?,29+,30-,31-,32+,33-,34-,35+,36+,37+,38+,39-,40-/m1/s1. The molecule has 3 heterocycles. The Kier molecular flexibility index (Phi) is 11.7. The first-order chi connectivity index (χ1) is 25.5. The Morgan fingerprint density at radius 3 is 2.22 bits per heavy atom. The van der Waals surface area contributed by atoms with Crippen molar-refractivity contribution in [2.45, 2.75) is 184 Å². The van der Waals surface area contributed by atoms with Crippen molar-refractivity contribution >= 4 is 0 Å². The lowest BCUT2D eigenvalue weighted by atomic mass is 9.44. The molecule has 0 aromatic carbocycles. The monoisotopic (exact) mass is 772 g/mol. The van der Waals surface area contributed by atoms with Crippen LogP contribution in [0.5, 0.6) is 0 Å². The van der Waals surface area contributed by atoms with E-state index >= 15 is 0 Å². The third-order valence-electron chi connectivity index (χ3n) is 16.4. The molecule has 3 saturated heterocycles. The Balaban J connectivity index is 1.04. The zero-order valence-corrected chi connectivity index (χ0v) is 32.9. The summed E-state index contributed by atoms with van der Waals surface area (Å²) < 4.78 is 37.1. The predicted molar refractivity (Wildman–Crippen MR) is 191 cm³/mol. The molecule has 0 bridgehead atoms. The van der Waals surface area contributed by atoms with Gasteiger partial charge < -0.3 is 69.3 Å². The van der Waals surface area contributed by atoms with Crippen molar-refractivity contribution in [1.82, 2.24) is 0 Å². The molecule has 7 rings (SSSR count). The zero-order valence-electron chi connectivity index (χ0n) is 32.9. The van der Waals surface area contributed by atoms with Crippen LogP contribution < -0.4 is 0 Å². The molecule has 14 heteroatoms. The Hall–Kier alpha value is -0.560. The van der Waals surface area contributed by atoms with E-state index in [9.17, 15) is 40.9 Å². The van der Waals surface area contributed by atoms with Gasteiger partial charge in [0, 0.05) is 31.5 Å². The van der Waals surface area contributed by atoms with Gasteiger partial charge in [0.05, 0.1) is 24.9 Å². The van der Waals surface area contributed by atoms with Crippen LogP contribution in [0, 0.1) is 46.3 Å². The van der Waals surface area contributed by atoms with E-state index in [1.165, 1.54) is 6.92 Å². The molecule has 312 valence electrons. The van der Waals surface area contributed by atoms with Gasteiger partial charge in [0.2, 0.25) is 0 Å². The molecule has 7 aliphatic rings. The molecule has 0 radical (unpaired) electrons. The summed E-state index contributed by atoms with van der Waals surface area (Å²) in [5.74, 6) is 0.658. The normalized spacial score (nSPS) is 56.4. The number of methoxy groups -OCH3 is 1. The smallest absolute Gasteiger partial charge is 0.187 e. The van der Waals surface area contributed by atoms with Crippen molar-refractivity contribution in [3.05, 3.63) is 0 Å². The maximum Gasteiger partial charge on any atom is 0.187 e. The summed E-state index contributed by atoms with van der Waals surface area (Å²) in [7, 11) is 1.68. The highest BCUT2D eigenvalue weighted by atomic mass is 16.8. The summed E-state index contributed by atoms with van der Waals surface area (Å²) >= 11 is 0. The number of aliphatic hydroxyl groups excluding tert-OH is 7. The van der Waals surface area contributed by atoms with E-state index in [0.717, 1.165) is 57.8 Å². The summed E-state index contributed by atoms with van der Waals surface area (Å²) in [6.07, 6.45) is -5.51. The second-order valence-electron chi connectivity index (χ2n) is 18.9. The average molecular weight is 773 g/mol. The van der Waals surface area contributed by atoms with Crippen molar-refractivity contribution in [2.24, 2.45) is 46.3 Å². The van der Waals surface area contributed by atoms with Crippen LogP contribution in [0.25, 0.3) is 0 Å². The van der Waals surface area contributed by atoms with Crippen molar-refractivity contribution in [2.75, 3.05) is 20.3 Å². The summed E-state index contributed by atoms with van der Waals surface area (Å²) in [4.78, 5) is 0. The van der Waals surface area contributed by atoms with Crippen LogP contribution in [0.4, 0.5) is 0 Å². The quantitative estimate of drug-likeness (QED) is 0.147. The first-order valence-corrected chi connectivity index (χ1v) is 20.7. The lowest BCUT2D eigenvalue weighted by molar-refractivity contribution is -0.371. The molecule has 7 fully saturated rings. The molecular weight excluding hydrogens is 704 g/mol. The summed E-state index contributed by atoms with van der Waals surface area (Å²) in [5, 5.41) is 85.4. The van der Waals surface area contributed by atoms with Crippen LogP contribution in [0.15, 0.2) is 0 Å². The second kappa shape index (κ2) is 15.2. The van der Waals surface area contributed by atoms with Crippen molar-refractivity contribution in [3.63, 3.8) is 0 Å². The fourth-order valence-corrected chi connectivity index (χ4v) is 12.9. The molecule has 4 aliphatic carbocycles. The van der Waals surface area contributed by atoms with Gasteiger partial charge >= 0.3 is 0 Å². The molecule has 22 atom stereocenters. The third kappa shape index (κ3) is 6.36. The first-order valence-electron chi connectivity index (χ1n) is 20.7. The number of hydrogen-bond acceptors (Lipinski definition) is 14. The van der Waals surface area contributed by atoms with E-state index in [-0.39, 0.29) is 41.5 Å². The van der Waals surface area contributed by atoms with Crippen LogP contribution in [-0.2, 0) is 28.4 Å². The zero-order chi connectivity index (χ0) is 39.1. The van der Waals surface area contributed by atoms with Gasteiger partial charge in [0.15, 0.2) is 18.4 Å². The van der Waals surface area contributed by atoms with E-state index < -0.39 is 79.4 Å². The van der Waals surface area contributed by atoms with E-state index in [0.29, 0.717) is 30.1 Å². The molecule has 0 aromatic heterocycles. The van der Waals surface area contributed by atoms with E-state index in [1.54, 1.807) is 7.11 Å². The Morgan fingerprint density at radius 2 is 1.54 bits per heavy atom. The van der Waals surface area contributed by atoms with Crippen LogP contribution >= 0.6 is 0 Å². The molecule has 3 aliphatic heterocycles. The number of rotatable bonds is 10. The molecule has 0 aromatic rings. The Labute approximate surface area is 319 Å². The highest BCUT2D eigenvalue weighted by molar-refractivity contribution is 5.23. The van der Waals surface area contributed by atoms with E-state index in [1.807, 2.05) is 6.92 Å². The van der Waals surface area contributed by atoms with Crippen molar-refractivity contribution in [3.8, 4) is 0 Å². The minimum atomic E-state index is -1.63. The Morgan fingerprint density at radius 1 is 0.796 bits per heavy atom. The van der Waals surface area contributed by atoms with Crippen LogP contribution in [0.1, 0.15) is 98.8 Å². The van der Waals surface area contributed by atoms with Crippen molar-refractivity contribution in [1.29, 1.82) is 0 Å². The number of aliphatic hydroxyl groups is 8. The van der Waals surface area contributed by atoms with Gasteiger partial charge in [0.1, 0.15) is 48.3 Å². The molecule has 0 spiro atoms. The lowest BCUT2D eigenvalue weighted by Gasteiger charge is -2.62. The number of hydrogen-bond donors (Lipinski definition) is 8. The van der Waals surface area contributed by atoms with Gasteiger partial charge in [0.25, 0.3) is 0 Å². The minimum absolute atomic E-state index is 0.0629. The predicted octanol–water partition coefficient (Wildman–Crippen LogP) is 1.19. The summed E-state index contributed by atoms with van der Waals surface area (Å²) in [6.45, 7) is 9.92. The van der Waals surface area contributed by atoms with Gasteiger partial charge in [-0.3, -0.25) is 0 Å². The maximum atomic E-state index is 12.8.